The maximum atomic E-state index is 13.4. The van der Waals surface area contributed by atoms with Gasteiger partial charge in [0.05, 0.1) is 26.0 Å². The van der Waals surface area contributed by atoms with Crippen molar-refractivity contribution >= 4 is 23.4 Å². The quantitative estimate of drug-likeness (QED) is 0.591. The topological polar surface area (TPSA) is 99.4 Å². The van der Waals surface area contributed by atoms with Crippen LogP contribution in [0.1, 0.15) is 37.8 Å². The molecule has 0 spiro atoms. The van der Waals surface area contributed by atoms with Crippen molar-refractivity contribution < 1.29 is 23.7 Å². The lowest BCUT2D eigenvalue weighted by Gasteiger charge is -2.34. The molecule has 2 unspecified atom stereocenters. The van der Waals surface area contributed by atoms with Crippen LogP contribution in [0.15, 0.2) is 47.6 Å². The van der Waals surface area contributed by atoms with Gasteiger partial charge in [-0.2, -0.15) is 5.10 Å². The predicted molar refractivity (Wildman–Crippen MR) is 133 cm³/mol. The molecule has 36 heavy (non-hydrogen) atoms. The highest BCUT2D eigenvalue weighted by atomic mass is 16.7. The van der Waals surface area contributed by atoms with E-state index in [0.717, 1.165) is 11.1 Å². The Bertz CT molecular complexity index is 1410. The third kappa shape index (κ3) is 3.28. The smallest absolute Gasteiger partial charge is 0.328 e. The van der Waals surface area contributed by atoms with Gasteiger partial charge in [0, 0.05) is 23.2 Å². The van der Waals surface area contributed by atoms with E-state index in [1.165, 1.54) is 0 Å². The fraction of sp³-hybridized carbons (Fsp3) is 0.346. The molecule has 1 aromatic heterocycles. The lowest BCUT2D eigenvalue weighted by molar-refractivity contribution is 0.171. The summed E-state index contributed by atoms with van der Waals surface area (Å²) in [6.45, 7) is 6.34. The Hall–Kier alpha value is -4.21. The first-order chi connectivity index (χ1) is 17.3. The summed E-state index contributed by atoms with van der Waals surface area (Å²) in [5, 5.41) is 7.70. The summed E-state index contributed by atoms with van der Waals surface area (Å²) in [6, 6.07) is 10.6. The zero-order valence-corrected chi connectivity index (χ0v) is 20.7. The number of aliphatic imine (C=N–C) groups is 1. The average Bonchev–Trinajstić information content (AvgIpc) is 3.57. The maximum absolute atomic E-state index is 13.4. The minimum atomic E-state index is -0.445. The number of anilines is 1. The maximum Gasteiger partial charge on any atom is 0.328 e. The number of hydrogen-bond donors (Lipinski definition) is 1. The lowest BCUT2D eigenvalue weighted by atomic mass is 9.83. The van der Waals surface area contributed by atoms with Crippen LogP contribution in [0.2, 0.25) is 0 Å². The molecule has 1 fully saturated rings. The summed E-state index contributed by atoms with van der Waals surface area (Å²) >= 11 is 0. The number of nitrogens with one attached hydrogen (secondary N) is 1. The second kappa shape index (κ2) is 7.91. The van der Waals surface area contributed by atoms with Crippen molar-refractivity contribution in [2.24, 2.45) is 4.99 Å². The first-order valence-electron chi connectivity index (χ1n) is 11.7. The van der Waals surface area contributed by atoms with E-state index in [2.05, 4.69) is 26.1 Å². The molecule has 0 radical (unpaired) electrons. The standard InChI is InChI=1S/C26H27N5O5/c1-26(2,3)31-24-17(12-27-31)20(14-9-18(34-5)22-19(10-14)35-13-36-22)21-23(28-24)29-25(32)30(21)15-7-6-8-16(11-15)33-4/h6-12,20-21H,13H2,1-5H3,(H,28,29,32). The number of nitrogens with zero attached hydrogens (tertiary/aromatic N) is 4. The van der Waals surface area contributed by atoms with E-state index in [1.54, 1.807) is 19.1 Å². The van der Waals surface area contributed by atoms with Crippen molar-refractivity contribution in [2.75, 3.05) is 25.9 Å². The van der Waals surface area contributed by atoms with Gasteiger partial charge in [-0.05, 0) is 50.6 Å². The van der Waals surface area contributed by atoms with E-state index in [-0.39, 0.29) is 24.3 Å². The number of amides is 2. The Morgan fingerprint density at radius 1 is 1.11 bits per heavy atom. The Labute approximate surface area is 208 Å². The molecule has 2 amide bonds. The number of hydrogen-bond acceptors (Lipinski definition) is 7. The largest absolute Gasteiger partial charge is 0.497 e. The van der Waals surface area contributed by atoms with E-state index in [9.17, 15) is 4.79 Å². The molecule has 4 heterocycles. The Morgan fingerprint density at radius 2 is 1.94 bits per heavy atom. The number of fused-ring (bicyclic) bond motifs is 3. The van der Waals surface area contributed by atoms with Gasteiger partial charge in [0.2, 0.25) is 12.5 Å². The number of benzene rings is 2. The fourth-order valence-electron chi connectivity index (χ4n) is 5.08. The van der Waals surface area contributed by atoms with Crippen molar-refractivity contribution in [3.63, 3.8) is 0 Å². The molecular weight excluding hydrogens is 462 g/mol. The van der Waals surface area contributed by atoms with Gasteiger partial charge in [0.15, 0.2) is 17.3 Å². The van der Waals surface area contributed by atoms with E-state index < -0.39 is 6.04 Å². The Balaban J connectivity index is 1.57. The molecular formula is C26H27N5O5. The molecule has 2 aromatic carbocycles. The van der Waals surface area contributed by atoms with Crippen LogP contribution in [0.25, 0.3) is 0 Å². The lowest BCUT2D eigenvalue weighted by Crippen LogP contribution is -2.42. The molecule has 10 nitrogen and oxygen atoms in total. The normalized spacial score (nSPS) is 20.0. The number of rotatable bonds is 4. The molecule has 3 aliphatic heterocycles. The van der Waals surface area contributed by atoms with E-state index >= 15 is 0 Å². The van der Waals surface area contributed by atoms with Crippen LogP contribution in [0, 0.1) is 0 Å². The number of carbonyl (C=O) groups is 1. The first-order valence-corrected chi connectivity index (χ1v) is 11.7. The second-order valence-corrected chi connectivity index (χ2v) is 9.88. The highest BCUT2D eigenvalue weighted by Gasteiger charge is 2.49. The number of amidine groups is 1. The van der Waals surface area contributed by atoms with Crippen LogP contribution in [-0.2, 0) is 5.54 Å². The minimum Gasteiger partial charge on any atom is -0.497 e. The Kier molecular flexibility index (Phi) is 4.89. The third-order valence-corrected chi connectivity index (χ3v) is 6.67. The molecule has 3 aromatic rings. The molecule has 2 atom stereocenters. The summed E-state index contributed by atoms with van der Waals surface area (Å²) in [6.07, 6.45) is 1.84. The molecule has 1 saturated heterocycles. The van der Waals surface area contributed by atoms with Crippen LogP contribution in [0.3, 0.4) is 0 Å². The van der Waals surface area contributed by atoms with Gasteiger partial charge < -0.3 is 18.9 Å². The zero-order chi connectivity index (χ0) is 25.2. The highest BCUT2D eigenvalue weighted by Crippen LogP contribution is 2.49. The Morgan fingerprint density at radius 3 is 2.69 bits per heavy atom. The van der Waals surface area contributed by atoms with Gasteiger partial charge in [0.1, 0.15) is 17.6 Å². The molecule has 186 valence electrons. The SMILES string of the molecule is COc1cccc(N2C(=O)NC3=Nc4c(cnn4C(C)(C)C)C(c4cc(OC)c5c(c4)OCO5)C32)c1. The van der Waals surface area contributed by atoms with Gasteiger partial charge in [-0.3, -0.25) is 10.2 Å². The summed E-state index contributed by atoms with van der Waals surface area (Å²) in [5.74, 6) is 3.36. The van der Waals surface area contributed by atoms with Gasteiger partial charge in [-0.25, -0.2) is 14.5 Å². The van der Waals surface area contributed by atoms with Crippen molar-refractivity contribution in [1.82, 2.24) is 15.1 Å². The average molecular weight is 490 g/mol. The van der Waals surface area contributed by atoms with E-state index in [4.69, 9.17) is 29.0 Å². The summed E-state index contributed by atoms with van der Waals surface area (Å²) in [4.78, 5) is 20.0. The number of methoxy groups -OCH3 is 2. The van der Waals surface area contributed by atoms with Gasteiger partial charge in [0.25, 0.3) is 0 Å². The van der Waals surface area contributed by atoms with Gasteiger partial charge in [-0.1, -0.05) is 6.07 Å². The summed E-state index contributed by atoms with van der Waals surface area (Å²) < 4.78 is 24.3. The number of aromatic nitrogens is 2. The van der Waals surface area contributed by atoms with Gasteiger partial charge in [-0.15, -0.1) is 0 Å². The fourth-order valence-corrected chi connectivity index (χ4v) is 5.08. The number of urea groups is 1. The minimum absolute atomic E-state index is 0.124. The summed E-state index contributed by atoms with van der Waals surface area (Å²) in [7, 11) is 3.20. The van der Waals surface area contributed by atoms with Crippen LogP contribution in [0.4, 0.5) is 16.3 Å². The van der Waals surface area contributed by atoms with Gasteiger partial charge >= 0.3 is 6.03 Å². The molecule has 0 saturated carbocycles. The number of ether oxygens (including phenoxy) is 4. The van der Waals surface area contributed by atoms with E-state index in [0.29, 0.717) is 40.3 Å². The molecule has 0 bridgehead atoms. The first kappa shape index (κ1) is 22.3. The monoisotopic (exact) mass is 489 g/mol. The third-order valence-electron chi connectivity index (χ3n) is 6.67. The predicted octanol–water partition coefficient (Wildman–Crippen LogP) is 4.16. The molecule has 0 aliphatic carbocycles. The molecule has 1 N–H and O–H groups in total. The van der Waals surface area contributed by atoms with Crippen LogP contribution < -0.4 is 29.2 Å². The van der Waals surface area contributed by atoms with Crippen LogP contribution in [0.5, 0.6) is 23.0 Å². The number of carbonyl (C=O) groups excluding carboxylic acids is 1. The zero-order valence-electron chi connectivity index (χ0n) is 20.7. The van der Waals surface area contributed by atoms with Crippen molar-refractivity contribution in [1.29, 1.82) is 0 Å². The van der Waals surface area contributed by atoms with Crippen molar-refractivity contribution in [3.05, 3.63) is 53.7 Å². The molecule has 3 aliphatic rings. The van der Waals surface area contributed by atoms with Crippen LogP contribution in [-0.4, -0.2) is 48.7 Å². The summed E-state index contributed by atoms with van der Waals surface area (Å²) in [5.41, 5.74) is 2.19. The molecule has 6 rings (SSSR count). The second-order valence-electron chi connectivity index (χ2n) is 9.88. The van der Waals surface area contributed by atoms with Crippen molar-refractivity contribution in [3.8, 4) is 23.0 Å². The highest BCUT2D eigenvalue weighted by molar-refractivity contribution is 6.18. The van der Waals surface area contributed by atoms with Crippen LogP contribution >= 0.6 is 0 Å². The molecule has 10 heteroatoms. The van der Waals surface area contributed by atoms with Crippen molar-refractivity contribution in [2.45, 2.75) is 38.3 Å². The van der Waals surface area contributed by atoms with E-state index in [1.807, 2.05) is 47.3 Å².